The van der Waals surface area contributed by atoms with E-state index in [0.717, 1.165) is 49.7 Å². The fourth-order valence-electron chi connectivity index (χ4n) is 2.80. The molecule has 0 aliphatic carbocycles. The van der Waals surface area contributed by atoms with Crippen LogP contribution in [-0.4, -0.2) is 34.7 Å². The van der Waals surface area contributed by atoms with Crippen molar-refractivity contribution >= 4 is 11.6 Å². The molecule has 1 aromatic carbocycles. The van der Waals surface area contributed by atoms with Gasteiger partial charge in [-0.15, -0.1) is 0 Å². The monoisotopic (exact) mass is 306 g/mol. The molecule has 0 bridgehead atoms. The first kappa shape index (κ1) is 14.6. The molecule has 2 aromatic rings. The maximum Gasteiger partial charge on any atom is 0.209 e. The molecule has 1 atom stereocenters. The smallest absolute Gasteiger partial charge is 0.209 e. The van der Waals surface area contributed by atoms with Crippen molar-refractivity contribution in [3.8, 4) is 11.3 Å². The third-order valence-corrected chi connectivity index (χ3v) is 4.20. The van der Waals surface area contributed by atoms with Gasteiger partial charge in [0.25, 0.3) is 0 Å². The Bertz CT molecular complexity index is 582. The van der Waals surface area contributed by atoms with E-state index in [0.29, 0.717) is 10.9 Å². The summed E-state index contributed by atoms with van der Waals surface area (Å²) in [6, 6.07) is 7.55. The summed E-state index contributed by atoms with van der Waals surface area (Å²) in [5.41, 5.74) is 0.984. The summed E-state index contributed by atoms with van der Waals surface area (Å²) in [5, 5.41) is 9.71. The number of likely N-dealkylation sites (tertiary alicyclic amines) is 1. The molecule has 5 heteroatoms. The summed E-state index contributed by atoms with van der Waals surface area (Å²) >= 11 is 5.89. The van der Waals surface area contributed by atoms with Crippen LogP contribution in [0.4, 0.5) is 0 Å². The number of rotatable bonds is 5. The van der Waals surface area contributed by atoms with E-state index in [2.05, 4.69) is 9.88 Å². The molecule has 2 heterocycles. The van der Waals surface area contributed by atoms with Crippen molar-refractivity contribution in [3.05, 3.63) is 41.4 Å². The van der Waals surface area contributed by atoms with E-state index < -0.39 is 0 Å². The van der Waals surface area contributed by atoms with Gasteiger partial charge < -0.3 is 9.52 Å². The van der Waals surface area contributed by atoms with Crippen molar-refractivity contribution in [3.63, 3.8) is 0 Å². The first-order valence-corrected chi connectivity index (χ1v) is 7.66. The fraction of sp³-hybridized carbons (Fsp3) is 0.438. The van der Waals surface area contributed by atoms with Gasteiger partial charge in [0, 0.05) is 23.7 Å². The van der Waals surface area contributed by atoms with E-state index in [1.54, 1.807) is 6.20 Å². The van der Waals surface area contributed by atoms with E-state index >= 15 is 0 Å². The normalized spacial score (nSPS) is 19.2. The second-order valence-corrected chi connectivity index (χ2v) is 5.96. The van der Waals surface area contributed by atoms with Crippen LogP contribution in [0.15, 0.2) is 34.9 Å². The first-order valence-electron chi connectivity index (χ1n) is 7.28. The van der Waals surface area contributed by atoms with E-state index in [1.807, 2.05) is 24.3 Å². The summed E-state index contributed by atoms with van der Waals surface area (Å²) in [6.07, 6.45) is 3.79. The highest BCUT2D eigenvalue weighted by Crippen LogP contribution is 2.25. The van der Waals surface area contributed by atoms with Gasteiger partial charge in [-0.2, -0.15) is 0 Å². The molecular weight excluding hydrogens is 288 g/mol. The van der Waals surface area contributed by atoms with E-state index in [9.17, 15) is 0 Å². The summed E-state index contributed by atoms with van der Waals surface area (Å²) in [4.78, 5) is 6.69. The second kappa shape index (κ2) is 6.60. The maximum atomic E-state index is 8.99. The highest BCUT2D eigenvalue weighted by atomic mass is 35.5. The van der Waals surface area contributed by atoms with Gasteiger partial charge in [0.15, 0.2) is 5.76 Å². The van der Waals surface area contributed by atoms with Gasteiger partial charge in [-0.25, -0.2) is 4.98 Å². The predicted octanol–water partition coefficient (Wildman–Crippen LogP) is 3.20. The van der Waals surface area contributed by atoms with Crippen LogP contribution in [0.3, 0.4) is 0 Å². The molecule has 0 saturated carbocycles. The number of benzene rings is 1. The van der Waals surface area contributed by atoms with Crippen molar-refractivity contribution < 1.29 is 9.52 Å². The lowest BCUT2D eigenvalue weighted by atomic mass is 10.1. The lowest BCUT2D eigenvalue weighted by Crippen LogP contribution is -2.20. The van der Waals surface area contributed by atoms with Crippen LogP contribution in [0, 0.1) is 5.92 Å². The minimum Gasteiger partial charge on any atom is -0.439 e. The number of nitrogens with zero attached hydrogens (tertiary/aromatic N) is 2. The number of aliphatic hydroxyl groups excluding tert-OH is 1. The van der Waals surface area contributed by atoms with E-state index in [1.165, 1.54) is 0 Å². The van der Waals surface area contributed by atoms with E-state index in [-0.39, 0.29) is 6.61 Å². The van der Waals surface area contributed by atoms with Crippen LogP contribution >= 0.6 is 11.6 Å². The zero-order valence-corrected chi connectivity index (χ0v) is 12.6. The summed E-state index contributed by atoms with van der Waals surface area (Å²) in [7, 11) is 0. The molecule has 1 aromatic heterocycles. The second-order valence-electron chi connectivity index (χ2n) is 5.53. The Hall–Kier alpha value is -1.36. The molecule has 1 aliphatic rings. The fourth-order valence-corrected chi connectivity index (χ4v) is 2.92. The number of hydrogen-bond acceptors (Lipinski definition) is 4. The Morgan fingerprint density at radius 3 is 2.90 bits per heavy atom. The molecule has 0 spiro atoms. The Kier molecular flexibility index (Phi) is 4.58. The van der Waals surface area contributed by atoms with Gasteiger partial charge in [0.1, 0.15) is 0 Å². The molecule has 1 saturated heterocycles. The van der Waals surface area contributed by atoms with Gasteiger partial charge in [0.2, 0.25) is 5.89 Å². The molecule has 0 radical (unpaired) electrons. The van der Waals surface area contributed by atoms with Gasteiger partial charge in [-0.05, 0) is 49.6 Å². The number of oxazole rings is 1. The Morgan fingerprint density at radius 2 is 2.14 bits per heavy atom. The maximum absolute atomic E-state index is 8.99. The lowest BCUT2D eigenvalue weighted by molar-refractivity contribution is 0.243. The number of hydrogen-bond donors (Lipinski definition) is 1. The van der Waals surface area contributed by atoms with Gasteiger partial charge in [-0.3, -0.25) is 4.90 Å². The van der Waals surface area contributed by atoms with Crippen LogP contribution in [0.25, 0.3) is 11.3 Å². The summed E-state index contributed by atoms with van der Waals surface area (Å²) < 4.78 is 5.82. The van der Waals surface area contributed by atoms with Crippen LogP contribution in [0.1, 0.15) is 18.7 Å². The average molecular weight is 307 g/mol. The predicted molar refractivity (Wildman–Crippen MR) is 82.0 cm³/mol. The van der Waals surface area contributed by atoms with Gasteiger partial charge in [-0.1, -0.05) is 11.6 Å². The van der Waals surface area contributed by atoms with Crippen LogP contribution in [0.2, 0.25) is 5.02 Å². The number of aromatic nitrogens is 1. The zero-order valence-electron chi connectivity index (χ0n) is 11.8. The molecule has 1 unspecified atom stereocenters. The van der Waals surface area contributed by atoms with Crippen molar-refractivity contribution in [1.29, 1.82) is 0 Å². The van der Waals surface area contributed by atoms with Gasteiger partial charge in [0.05, 0.1) is 12.7 Å². The molecule has 1 aliphatic heterocycles. The van der Waals surface area contributed by atoms with Crippen LogP contribution in [0.5, 0.6) is 0 Å². The van der Waals surface area contributed by atoms with E-state index in [4.69, 9.17) is 21.1 Å². The summed E-state index contributed by atoms with van der Waals surface area (Å²) in [5.74, 6) is 2.11. The molecule has 21 heavy (non-hydrogen) atoms. The molecule has 1 fully saturated rings. The van der Waals surface area contributed by atoms with Gasteiger partial charge >= 0.3 is 0 Å². The minimum absolute atomic E-state index is 0.276. The molecule has 0 amide bonds. The Balaban J connectivity index is 1.62. The molecule has 4 nitrogen and oxygen atoms in total. The molecule has 3 rings (SSSR count). The third-order valence-electron chi connectivity index (χ3n) is 3.95. The molecule has 112 valence electrons. The standard InChI is InChI=1S/C16H19ClN2O2/c17-14-3-1-13(2-4-14)15-9-18-16(21-15)11-19-7-5-12(10-19)6-8-20/h1-4,9,12,20H,5-8,10-11H2. The third kappa shape index (κ3) is 3.64. The highest BCUT2D eigenvalue weighted by Gasteiger charge is 2.23. The Labute approximate surface area is 129 Å². The number of halogens is 1. The van der Waals surface area contributed by atoms with Crippen molar-refractivity contribution in [2.24, 2.45) is 5.92 Å². The zero-order chi connectivity index (χ0) is 14.7. The lowest BCUT2D eigenvalue weighted by Gasteiger charge is -2.13. The minimum atomic E-state index is 0.276. The van der Waals surface area contributed by atoms with Crippen LogP contribution in [-0.2, 0) is 6.54 Å². The topological polar surface area (TPSA) is 49.5 Å². The Morgan fingerprint density at radius 1 is 1.33 bits per heavy atom. The number of aliphatic hydroxyl groups is 1. The van der Waals surface area contributed by atoms with Crippen molar-refractivity contribution in [2.75, 3.05) is 19.7 Å². The SMILES string of the molecule is OCCC1CCN(Cc2ncc(-c3ccc(Cl)cc3)o2)C1. The average Bonchev–Trinajstić information content (AvgIpc) is 3.11. The summed E-state index contributed by atoms with van der Waals surface area (Å²) in [6.45, 7) is 3.07. The molecular formula is C16H19ClN2O2. The molecule has 1 N–H and O–H groups in total. The largest absolute Gasteiger partial charge is 0.439 e. The van der Waals surface area contributed by atoms with Crippen molar-refractivity contribution in [1.82, 2.24) is 9.88 Å². The quantitative estimate of drug-likeness (QED) is 0.921. The van der Waals surface area contributed by atoms with Crippen LogP contribution < -0.4 is 0 Å². The first-order chi connectivity index (χ1) is 10.2. The highest BCUT2D eigenvalue weighted by molar-refractivity contribution is 6.30. The van der Waals surface area contributed by atoms with Crippen molar-refractivity contribution in [2.45, 2.75) is 19.4 Å².